The van der Waals surface area contributed by atoms with Gasteiger partial charge in [-0.15, -0.1) is 11.3 Å². The maximum absolute atomic E-state index is 9.24. The predicted molar refractivity (Wildman–Crippen MR) is 64.6 cm³/mol. The topological polar surface area (TPSA) is 36.7 Å². The molecule has 1 heterocycles. The van der Waals surface area contributed by atoms with Gasteiger partial charge in [0.25, 0.3) is 0 Å². The van der Waals surface area contributed by atoms with Crippen molar-refractivity contribution >= 4 is 11.3 Å². The van der Waals surface area contributed by atoms with Crippen LogP contribution in [0.1, 0.15) is 60.0 Å². The molecule has 1 aromatic heterocycles. The second kappa shape index (κ2) is 3.56. The Morgan fingerprint density at radius 1 is 1.38 bits per heavy atom. The third-order valence-electron chi connectivity index (χ3n) is 3.92. The molecule has 2 aliphatic carbocycles. The third kappa shape index (κ3) is 1.48. The molecule has 0 atom stereocenters. The first kappa shape index (κ1) is 10.3. The van der Waals surface area contributed by atoms with Crippen molar-refractivity contribution in [2.45, 2.75) is 56.8 Å². The smallest absolute Gasteiger partial charge is 0.0962 e. The molecule has 0 unspecified atom stereocenters. The summed E-state index contributed by atoms with van der Waals surface area (Å²) in [6, 6.07) is 2.48. The van der Waals surface area contributed by atoms with Gasteiger partial charge in [-0.1, -0.05) is 12.8 Å². The van der Waals surface area contributed by atoms with E-state index in [2.05, 4.69) is 13.0 Å². The Bertz CT molecular complexity index is 445. The van der Waals surface area contributed by atoms with Crippen LogP contribution in [0, 0.1) is 18.3 Å². The van der Waals surface area contributed by atoms with E-state index in [0.29, 0.717) is 5.92 Å². The molecular formula is C13H16N2S. The lowest BCUT2D eigenvalue weighted by atomic mass is 10.1. The highest BCUT2D eigenvalue weighted by Gasteiger charge is 2.48. The zero-order valence-electron chi connectivity index (χ0n) is 9.62. The Hall–Kier alpha value is -0.880. The number of nitrogens with zero attached hydrogens (tertiary/aromatic N) is 2. The van der Waals surface area contributed by atoms with E-state index in [1.54, 1.807) is 0 Å². The van der Waals surface area contributed by atoms with Gasteiger partial charge >= 0.3 is 0 Å². The van der Waals surface area contributed by atoms with Gasteiger partial charge < -0.3 is 0 Å². The Morgan fingerprint density at radius 2 is 2.06 bits per heavy atom. The van der Waals surface area contributed by atoms with E-state index in [9.17, 15) is 5.26 Å². The van der Waals surface area contributed by atoms with Gasteiger partial charge in [-0.2, -0.15) is 5.26 Å². The van der Waals surface area contributed by atoms with Crippen LogP contribution in [-0.4, -0.2) is 4.98 Å². The molecule has 0 amide bonds. The number of aryl methyl sites for hydroxylation is 1. The van der Waals surface area contributed by atoms with Crippen LogP contribution in [0.4, 0.5) is 0 Å². The molecule has 2 saturated carbocycles. The lowest BCUT2D eigenvalue weighted by molar-refractivity contribution is 0.714. The van der Waals surface area contributed by atoms with Crippen LogP contribution in [-0.2, 0) is 5.41 Å². The zero-order valence-corrected chi connectivity index (χ0v) is 10.4. The summed E-state index contributed by atoms with van der Waals surface area (Å²) in [5.74, 6) is 0.687. The minimum Gasteiger partial charge on any atom is -0.246 e. The fourth-order valence-electron chi connectivity index (χ4n) is 2.72. The van der Waals surface area contributed by atoms with Crippen molar-refractivity contribution in [2.24, 2.45) is 0 Å². The molecule has 3 heteroatoms. The lowest BCUT2D eigenvalue weighted by Crippen LogP contribution is -2.01. The number of hydrogen-bond acceptors (Lipinski definition) is 3. The van der Waals surface area contributed by atoms with Crippen LogP contribution in [0.25, 0.3) is 0 Å². The Kier molecular flexibility index (Phi) is 2.29. The summed E-state index contributed by atoms with van der Waals surface area (Å²) >= 11 is 1.82. The molecule has 2 nitrogen and oxygen atoms in total. The second-order valence-corrected chi connectivity index (χ2v) is 6.17. The van der Waals surface area contributed by atoms with Gasteiger partial charge in [0.15, 0.2) is 0 Å². The maximum atomic E-state index is 9.24. The summed E-state index contributed by atoms with van der Waals surface area (Å²) in [6.45, 7) is 2.07. The summed E-state index contributed by atoms with van der Waals surface area (Å²) < 4.78 is 0. The quantitative estimate of drug-likeness (QED) is 0.780. The average molecular weight is 232 g/mol. The Balaban J connectivity index is 1.93. The van der Waals surface area contributed by atoms with Gasteiger partial charge in [0.2, 0.25) is 0 Å². The molecule has 16 heavy (non-hydrogen) atoms. The molecule has 0 radical (unpaired) electrons. The van der Waals surface area contributed by atoms with Crippen LogP contribution < -0.4 is 0 Å². The van der Waals surface area contributed by atoms with Crippen LogP contribution >= 0.6 is 11.3 Å². The van der Waals surface area contributed by atoms with E-state index in [-0.39, 0.29) is 5.41 Å². The number of rotatable bonds is 2. The highest BCUT2D eigenvalue weighted by molar-refractivity contribution is 7.12. The van der Waals surface area contributed by atoms with E-state index in [0.717, 1.165) is 18.5 Å². The van der Waals surface area contributed by atoms with Crippen molar-refractivity contribution in [1.29, 1.82) is 5.26 Å². The average Bonchev–Trinajstić information content (AvgIpc) is 2.74. The predicted octanol–water partition coefficient (Wildman–Crippen LogP) is 3.66. The van der Waals surface area contributed by atoms with Crippen LogP contribution in [0.5, 0.6) is 0 Å². The molecule has 0 bridgehead atoms. The summed E-state index contributed by atoms with van der Waals surface area (Å²) in [6.07, 6.45) is 7.37. The van der Waals surface area contributed by atoms with Crippen LogP contribution in [0.3, 0.4) is 0 Å². The first-order valence-electron chi connectivity index (χ1n) is 6.14. The van der Waals surface area contributed by atoms with E-state index in [1.165, 1.54) is 35.6 Å². The third-order valence-corrected chi connectivity index (χ3v) is 5.44. The highest BCUT2D eigenvalue weighted by Crippen LogP contribution is 2.52. The molecular weight excluding hydrogens is 216 g/mol. The normalized spacial score (nSPS) is 23.2. The van der Waals surface area contributed by atoms with Crippen LogP contribution in [0.2, 0.25) is 0 Å². The fourth-order valence-corrected chi connectivity index (χ4v) is 4.16. The van der Waals surface area contributed by atoms with Crippen molar-refractivity contribution in [1.82, 2.24) is 4.98 Å². The van der Waals surface area contributed by atoms with Gasteiger partial charge in [0, 0.05) is 10.8 Å². The fraction of sp³-hybridized carbons (Fsp3) is 0.692. The zero-order chi connectivity index (χ0) is 11.2. The van der Waals surface area contributed by atoms with Crippen molar-refractivity contribution in [3.63, 3.8) is 0 Å². The molecule has 3 rings (SSSR count). The Labute approximate surface area is 100 Å². The molecule has 0 aromatic carbocycles. The first-order chi connectivity index (χ1) is 7.75. The molecule has 1 aromatic rings. The molecule has 0 aliphatic heterocycles. The summed E-state index contributed by atoms with van der Waals surface area (Å²) in [7, 11) is 0. The summed E-state index contributed by atoms with van der Waals surface area (Å²) in [5.41, 5.74) is 0.976. The summed E-state index contributed by atoms with van der Waals surface area (Å²) in [5, 5.41) is 10.5. The molecule has 0 saturated heterocycles. The van der Waals surface area contributed by atoms with E-state index in [1.807, 2.05) is 11.3 Å². The Morgan fingerprint density at radius 3 is 2.62 bits per heavy atom. The summed E-state index contributed by atoms with van der Waals surface area (Å²) in [4.78, 5) is 5.98. The maximum Gasteiger partial charge on any atom is 0.0962 e. The molecule has 0 N–H and O–H groups in total. The van der Waals surface area contributed by atoms with Gasteiger partial charge in [-0.25, -0.2) is 4.98 Å². The highest BCUT2D eigenvalue weighted by atomic mass is 32.1. The van der Waals surface area contributed by atoms with E-state index >= 15 is 0 Å². The standard InChI is InChI=1S/C13H16N2S/c1-9-11(13(8-14)6-7-13)16-12(15-9)10-4-2-3-5-10/h10H,2-7H2,1H3. The van der Waals surface area contributed by atoms with Crippen molar-refractivity contribution < 1.29 is 0 Å². The number of aromatic nitrogens is 1. The molecule has 0 spiro atoms. The molecule has 84 valence electrons. The van der Waals surface area contributed by atoms with Gasteiger partial charge in [-0.05, 0) is 32.6 Å². The van der Waals surface area contributed by atoms with E-state index in [4.69, 9.17) is 4.98 Å². The largest absolute Gasteiger partial charge is 0.246 e. The SMILES string of the molecule is Cc1nc(C2CCCC2)sc1C1(C#N)CC1. The van der Waals surface area contributed by atoms with Crippen LogP contribution in [0.15, 0.2) is 0 Å². The minimum absolute atomic E-state index is 0.140. The molecule has 2 aliphatic rings. The van der Waals surface area contributed by atoms with Gasteiger partial charge in [-0.3, -0.25) is 0 Å². The number of nitriles is 1. The molecule has 2 fully saturated rings. The monoisotopic (exact) mass is 232 g/mol. The van der Waals surface area contributed by atoms with Gasteiger partial charge in [0.05, 0.1) is 22.2 Å². The van der Waals surface area contributed by atoms with E-state index < -0.39 is 0 Å². The minimum atomic E-state index is -0.140. The number of thiazole rings is 1. The van der Waals surface area contributed by atoms with Gasteiger partial charge in [0.1, 0.15) is 0 Å². The van der Waals surface area contributed by atoms with Crippen molar-refractivity contribution in [2.75, 3.05) is 0 Å². The first-order valence-corrected chi connectivity index (χ1v) is 6.96. The lowest BCUT2D eigenvalue weighted by Gasteiger charge is -2.03. The van der Waals surface area contributed by atoms with Crippen molar-refractivity contribution in [3.05, 3.63) is 15.6 Å². The number of hydrogen-bond donors (Lipinski definition) is 0. The second-order valence-electron chi connectivity index (χ2n) is 5.14. The van der Waals surface area contributed by atoms with Crippen molar-refractivity contribution in [3.8, 4) is 6.07 Å².